The molecule has 1 atom stereocenters. The molecule has 0 aliphatic carbocycles. The lowest BCUT2D eigenvalue weighted by Gasteiger charge is -2.15. The maximum Gasteiger partial charge on any atom is 0.237 e. The maximum atomic E-state index is 12.6. The molecule has 1 fully saturated rings. The lowest BCUT2D eigenvalue weighted by Crippen LogP contribution is -2.30. The lowest BCUT2D eigenvalue weighted by molar-refractivity contribution is -0.122. The van der Waals surface area contributed by atoms with Crippen molar-refractivity contribution in [3.8, 4) is 0 Å². The van der Waals surface area contributed by atoms with Crippen LogP contribution in [0.25, 0.3) is 0 Å². The molecule has 3 nitrogen and oxygen atoms in total. The minimum Gasteiger partial charge on any atom is -0.274 e. The smallest absolute Gasteiger partial charge is 0.237 e. The number of nitrogens with zero attached hydrogens (tertiary/aromatic N) is 1. The van der Waals surface area contributed by atoms with Gasteiger partial charge in [-0.1, -0.05) is 46.9 Å². The van der Waals surface area contributed by atoms with E-state index in [0.29, 0.717) is 27.2 Å². The highest BCUT2D eigenvalue weighted by Gasteiger charge is 2.39. The van der Waals surface area contributed by atoms with Gasteiger partial charge in [0, 0.05) is 11.4 Å². The fourth-order valence-corrected chi connectivity index (χ4v) is 3.07. The molecule has 0 bridgehead atoms. The average molecular weight is 369 g/mol. The lowest BCUT2D eigenvalue weighted by atomic mass is 9.98. The highest BCUT2D eigenvalue weighted by atomic mass is 35.5. The number of halogens is 3. The molecule has 0 saturated carbocycles. The molecule has 1 saturated heterocycles. The molecule has 0 aromatic heterocycles. The number of imide groups is 1. The van der Waals surface area contributed by atoms with E-state index in [1.807, 2.05) is 12.1 Å². The van der Waals surface area contributed by atoms with E-state index in [0.717, 1.165) is 5.56 Å². The number of hydrogen-bond donors (Lipinski definition) is 0. The summed E-state index contributed by atoms with van der Waals surface area (Å²) in [6, 6.07) is 12.0. The van der Waals surface area contributed by atoms with E-state index in [4.69, 9.17) is 34.8 Å². The Morgan fingerprint density at radius 3 is 2.30 bits per heavy atom. The second-order valence-corrected chi connectivity index (χ2v) is 6.65. The van der Waals surface area contributed by atoms with Crippen molar-refractivity contribution in [2.75, 3.05) is 4.90 Å². The van der Waals surface area contributed by atoms with Crippen molar-refractivity contribution in [3.05, 3.63) is 63.1 Å². The molecule has 118 valence electrons. The van der Waals surface area contributed by atoms with E-state index in [2.05, 4.69) is 0 Å². The summed E-state index contributed by atoms with van der Waals surface area (Å²) >= 11 is 17.7. The Morgan fingerprint density at radius 1 is 0.957 bits per heavy atom. The maximum absolute atomic E-state index is 12.6. The van der Waals surface area contributed by atoms with Crippen LogP contribution in [0.3, 0.4) is 0 Å². The molecule has 1 aliphatic heterocycles. The van der Waals surface area contributed by atoms with Gasteiger partial charge in [-0.3, -0.25) is 14.5 Å². The fourth-order valence-electron chi connectivity index (χ4n) is 2.65. The van der Waals surface area contributed by atoms with E-state index in [1.54, 1.807) is 24.3 Å². The van der Waals surface area contributed by atoms with E-state index in [9.17, 15) is 9.59 Å². The van der Waals surface area contributed by atoms with Crippen LogP contribution >= 0.6 is 34.8 Å². The van der Waals surface area contributed by atoms with Crippen LogP contribution in [0, 0.1) is 5.92 Å². The van der Waals surface area contributed by atoms with Crippen molar-refractivity contribution in [2.45, 2.75) is 12.8 Å². The molecule has 3 rings (SSSR count). The topological polar surface area (TPSA) is 37.4 Å². The van der Waals surface area contributed by atoms with Crippen molar-refractivity contribution in [2.24, 2.45) is 5.92 Å². The van der Waals surface area contributed by atoms with Crippen LogP contribution in [0.1, 0.15) is 12.0 Å². The first-order valence-corrected chi connectivity index (χ1v) is 8.15. The molecular formula is C17H12Cl3NO2. The minimum atomic E-state index is -0.377. The van der Waals surface area contributed by atoms with Crippen LogP contribution in [0.4, 0.5) is 5.69 Å². The normalized spacial score (nSPS) is 17.9. The second-order valence-electron chi connectivity index (χ2n) is 5.40. The van der Waals surface area contributed by atoms with Crippen molar-refractivity contribution < 1.29 is 9.59 Å². The van der Waals surface area contributed by atoms with E-state index < -0.39 is 0 Å². The number of carbonyl (C=O) groups is 2. The average Bonchev–Trinajstić information content (AvgIpc) is 2.79. The third kappa shape index (κ3) is 3.37. The molecule has 0 N–H and O–H groups in total. The predicted molar refractivity (Wildman–Crippen MR) is 92.2 cm³/mol. The quantitative estimate of drug-likeness (QED) is 0.732. The number of anilines is 1. The first kappa shape index (κ1) is 16.3. The van der Waals surface area contributed by atoms with Gasteiger partial charge >= 0.3 is 0 Å². The summed E-state index contributed by atoms with van der Waals surface area (Å²) < 4.78 is 0. The van der Waals surface area contributed by atoms with Gasteiger partial charge in [0.05, 0.1) is 21.7 Å². The van der Waals surface area contributed by atoms with Crippen LogP contribution in [-0.2, 0) is 16.0 Å². The SMILES string of the molecule is O=C1C[C@@H](Cc2ccc(Cl)cc2)C(=O)N1c1ccc(Cl)c(Cl)c1. The summed E-state index contributed by atoms with van der Waals surface area (Å²) in [6.07, 6.45) is 0.682. The van der Waals surface area contributed by atoms with Crippen LogP contribution in [0.5, 0.6) is 0 Å². The molecule has 0 unspecified atom stereocenters. The number of amides is 2. The van der Waals surface area contributed by atoms with Crippen LogP contribution in [-0.4, -0.2) is 11.8 Å². The molecule has 2 aromatic carbocycles. The van der Waals surface area contributed by atoms with Crippen LogP contribution < -0.4 is 4.90 Å². The van der Waals surface area contributed by atoms with Gasteiger partial charge in [-0.05, 0) is 42.3 Å². The Morgan fingerprint density at radius 2 is 1.65 bits per heavy atom. The van der Waals surface area contributed by atoms with Gasteiger partial charge in [-0.15, -0.1) is 0 Å². The standard InChI is InChI=1S/C17H12Cl3NO2/c18-12-3-1-10(2-4-12)7-11-8-16(22)21(17(11)23)13-5-6-14(19)15(20)9-13/h1-6,9,11H,7-8H2/t11-/m1/s1. The first-order chi connectivity index (χ1) is 11.0. The summed E-state index contributed by atoms with van der Waals surface area (Å²) in [5.41, 5.74) is 1.42. The molecule has 0 radical (unpaired) electrons. The van der Waals surface area contributed by atoms with Gasteiger partial charge < -0.3 is 0 Å². The number of benzene rings is 2. The Balaban J connectivity index is 1.82. The summed E-state index contributed by atoms with van der Waals surface area (Å²) in [4.78, 5) is 26.0. The zero-order valence-electron chi connectivity index (χ0n) is 11.9. The summed E-state index contributed by atoms with van der Waals surface area (Å²) in [5, 5.41) is 1.33. The third-order valence-electron chi connectivity index (χ3n) is 3.80. The van der Waals surface area contributed by atoms with Gasteiger partial charge in [0.15, 0.2) is 0 Å². The van der Waals surface area contributed by atoms with Crippen LogP contribution in [0.2, 0.25) is 15.1 Å². The summed E-state index contributed by atoms with van der Waals surface area (Å²) in [5.74, 6) is -0.825. The second kappa shape index (κ2) is 6.52. The van der Waals surface area contributed by atoms with Crippen molar-refractivity contribution >= 4 is 52.3 Å². The minimum absolute atomic E-state index is 0.182. The van der Waals surface area contributed by atoms with Crippen molar-refractivity contribution in [3.63, 3.8) is 0 Å². The summed E-state index contributed by atoms with van der Waals surface area (Å²) in [6.45, 7) is 0. The molecule has 1 aliphatic rings. The van der Waals surface area contributed by atoms with Crippen LogP contribution in [0.15, 0.2) is 42.5 Å². The van der Waals surface area contributed by atoms with Gasteiger partial charge in [-0.2, -0.15) is 0 Å². The Kier molecular flexibility index (Phi) is 4.62. The zero-order chi connectivity index (χ0) is 16.6. The van der Waals surface area contributed by atoms with Gasteiger partial charge in [-0.25, -0.2) is 0 Å². The monoisotopic (exact) mass is 367 g/mol. The predicted octanol–water partition coefficient (Wildman–Crippen LogP) is 4.77. The molecule has 23 heavy (non-hydrogen) atoms. The molecule has 0 spiro atoms. The molecule has 2 amide bonds. The molecular weight excluding hydrogens is 357 g/mol. The third-order valence-corrected chi connectivity index (χ3v) is 4.79. The molecule has 1 heterocycles. The zero-order valence-corrected chi connectivity index (χ0v) is 14.2. The number of carbonyl (C=O) groups excluding carboxylic acids is 2. The highest BCUT2D eigenvalue weighted by molar-refractivity contribution is 6.42. The highest BCUT2D eigenvalue weighted by Crippen LogP contribution is 2.32. The van der Waals surface area contributed by atoms with Gasteiger partial charge in [0.2, 0.25) is 11.8 Å². The number of hydrogen-bond acceptors (Lipinski definition) is 2. The first-order valence-electron chi connectivity index (χ1n) is 7.02. The fraction of sp³-hybridized carbons (Fsp3) is 0.176. The molecule has 2 aromatic rings. The van der Waals surface area contributed by atoms with Gasteiger partial charge in [0.25, 0.3) is 0 Å². The number of rotatable bonds is 3. The molecule has 6 heteroatoms. The van der Waals surface area contributed by atoms with E-state index in [-0.39, 0.29) is 24.2 Å². The largest absolute Gasteiger partial charge is 0.274 e. The van der Waals surface area contributed by atoms with E-state index in [1.165, 1.54) is 11.0 Å². The Bertz CT molecular complexity index is 774. The Hall–Kier alpha value is -1.55. The van der Waals surface area contributed by atoms with Gasteiger partial charge in [0.1, 0.15) is 0 Å². The van der Waals surface area contributed by atoms with E-state index >= 15 is 0 Å². The summed E-state index contributed by atoms with van der Waals surface area (Å²) in [7, 11) is 0. The Labute approximate surface area is 148 Å². The van der Waals surface area contributed by atoms with Crippen molar-refractivity contribution in [1.82, 2.24) is 0 Å². The van der Waals surface area contributed by atoms with Crippen molar-refractivity contribution in [1.29, 1.82) is 0 Å².